The first-order valence-corrected chi connectivity index (χ1v) is 8.07. The molecule has 2 aromatic rings. The lowest BCUT2D eigenvalue weighted by molar-refractivity contribution is -0.0487. The van der Waals surface area contributed by atoms with Crippen LogP contribution in [0.25, 0.3) is 11.0 Å². The second-order valence-corrected chi connectivity index (χ2v) is 5.82. The predicted molar refractivity (Wildman–Crippen MR) is 78.8 cm³/mol. The minimum Gasteiger partial charge on any atom is -0.425 e. The zero-order valence-electron chi connectivity index (χ0n) is 11.6. The Morgan fingerprint density at radius 3 is 3.05 bits per heavy atom. The van der Waals surface area contributed by atoms with Gasteiger partial charge in [0.2, 0.25) is 0 Å². The van der Waals surface area contributed by atoms with Crippen molar-refractivity contribution < 1.29 is 18.7 Å². The van der Waals surface area contributed by atoms with Crippen molar-refractivity contribution in [2.45, 2.75) is 24.5 Å². The number of aliphatic hydroxyl groups excluding tert-OH is 1. The first-order valence-electron chi connectivity index (χ1n) is 6.43. The molecule has 11 heteroatoms. The van der Waals surface area contributed by atoms with Gasteiger partial charge in [-0.3, -0.25) is 4.79 Å². The standard InChI is InChI=1S/C10H16N4O5Si2/c15-6-5(2-17-20)18-10(7(6)19-21)14-8-4(1-13-14)9(16)12-3-11-8/h1,3,5-7,10,15H,2H2,20-21H3,(H,11,12,16)/t5-,6-,7-,10-/m1/s1. The molecule has 1 aliphatic heterocycles. The topological polar surface area (TPSA) is 111 Å². The van der Waals surface area contributed by atoms with Crippen molar-refractivity contribution in [1.82, 2.24) is 19.7 Å². The summed E-state index contributed by atoms with van der Waals surface area (Å²) in [6, 6.07) is 0. The van der Waals surface area contributed by atoms with Crippen LogP contribution in [0.1, 0.15) is 6.23 Å². The molecule has 1 saturated heterocycles. The van der Waals surface area contributed by atoms with Gasteiger partial charge in [-0.25, -0.2) is 9.67 Å². The molecular weight excluding hydrogens is 312 g/mol. The van der Waals surface area contributed by atoms with Crippen molar-refractivity contribution in [3.05, 3.63) is 22.9 Å². The number of ether oxygens (including phenoxy) is 1. The van der Waals surface area contributed by atoms with E-state index >= 15 is 0 Å². The largest absolute Gasteiger partial charge is 0.425 e. The molecule has 2 N–H and O–H groups in total. The van der Waals surface area contributed by atoms with Gasteiger partial charge in [0.1, 0.15) is 44.7 Å². The van der Waals surface area contributed by atoms with E-state index in [1.165, 1.54) is 17.2 Å². The number of aliphatic hydroxyl groups is 1. The van der Waals surface area contributed by atoms with Crippen molar-refractivity contribution in [2.75, 3.05) is 6.61 Å². The first kappa shape index (κ1) is 14.6. The third-order valence-electron chi connectivity index (χ3n) is 3.55. The summed E-state index contributed by atoms with van der Waals surface area (Å²) in [5, 5.41) is 14.8. The highest BCUT2D eigenvalue weighted by molar-refractivity contribution is 5.98. The smallest absolute Gasteiger partial charge is 0.261 e. The van der Waals surface area contributed by atoms with Gasteiger partial charge in [-0.05, 0) is 0 Å². The van der Waals surface area contributed by atoms with Gasteiger partial charge >= 0.3 is 0 Å². The summed E-state index contributed by atoms with van der Waals surface area (Å²) in [5.41, 5.74) is 0.125. The Bertz CT molecular complexity index is 691. The van der Waals surface area contributed by atoms with Crippen LogP contribution in [0.4, 0.5) is 0 Å². The Labute approximate surface area is 125 Å². The van der Waals surface area contributed by atoms with Gasteiger partial charge in [-0.15, -0.1) is 0 Å². The lowest BCUT2D eigenvalue weighted by Gasteiger charge is -2.19. The Balaban J connectivity index is 2.01. The Kier molecular flexibility index (Phi) is 4.01. The maximum atomic E-state index is 11.7. The summed E-state index contributed by atoms with van der Waals surface area (Å²) in [5.74, 6) is 0. The zero-order valence-corrected chi connectivity index (χ0v) is 15.6. The van der Waals surface area contributed by atoms with E-state index in [-0.39, 0.29) is 5.56 Å². The third kappa shape index (κ3) is 2.37. The fraction of sp³-hybridized carbons (Fsp3) is 0.500. The van der Waals surface area contributed by atoms with Crippen LogP contribution in [-0.4, -0.2) is 70.7 Å². The number of nitrogens with zero attached hydrogens (tertiary/aromatic N) is 3. The van der Waals surface area contributed by atoms with E-state index in [2.05, 4.69) is 15.1 Å². The van der Waals surface area contributed by atoms with Crippen LogP contribution in [-0.2, 0) is 13.6 Å². The highest BCUT2D eigenvalue weighted by Crippen LogP contribution is 2.32. The minimum absolute atomic E-state index is 0.271. The van der Waals surface area contributed by atoms with Gasteiger partial charge in [0.05, 0.1) is 19.1 Å². The highest BCUT2D eigenvalue weighted by atomic mass is 28.2. The average molecular weight is 328 g/mol. The normalized spacial score (nSPS) is 29.6. The summed E-state index contributed by atoms with van der Waals surface area (Å²) < 4.78 is 17.9. The second kappa shape index (κ2) is 5.78. The van der Waals surface area contributed by atoms with E-state index in [9.17, 15) is 9.90 Å². The Morgan fingerprint density at radius 2 is 2.33 bits per heavy atom. The SMILES string of the molecule is O=c1[nH]cnc2c1cnn2[C@@H]1O[C@H](CO[SiH3])[C@@H](O)[C@H]1O[SiH3]. The fourth-order valence-corrected chi connectivity index (χ4v) is 3.37. The van der Waals surface area contributed by atoms with E-state index in [0.29, 0.717) is 38.6 Å². The lowest BCUT2D eigenvalue weighted by atomic mass is 10.1. The average Bonchev–Trinajstić information content (AvgIpc) is 3.02. The molecule has 0 spiro atoms. The van der Waals surface area contributed by atoms with E-state index in [0.717, 1.165) is 0 Å². The number of aromatic amines is 1. The molecule has 4 atom stereocenters. The molecule has 0 unspecified atom stereocenters. The van der Waals surface area contributed by atoms with Gasteiger partial charge < -0.3 is 23.7 Å². The number of rotatable bonds is 4. The maximum Gasteiger partial charge on any atom is 0.261 e. The molecule has 0 bridgehead atoms. The van der Waals surface area contributed by atoms with Gasteiger partial charge in [0.25, 0.3) is 5.56 Å². The molecule has 9 nitrogen and oxygen atoms in total. The monoisotopic (exact) mass is 328 g/mol. The van der Waals surface area contributed by atoms with Crippen LogP contribution in [0.3, 0.4) is 0 Å². The van der Waals surface area contributed by atoms with E-state index in [1.807, 2.05) is 0 Å². The number of hydrogen-bond donors (Lipinski definition) is 2. The molecular formula is C10H16N4O5Si2. The van der Waals surface area contributed by atoms with Gasteiger partial charge in [0.15, 0.2) is 11.9 Å². The maximum absolute atomic E-state index is 11.7. The number of fused-ring (bicyclic) bond motifs is 1. The quantitative estimate of drug-likeness (QED) is 0.557. The van der Waals surface area contributed by atoms with Crippen molar-refractivity contribution in [1.29, 1.82) is 0 Å². The fourth-order valence-electron chi connectivity index (χ4n) is 2.53. The van der Waals surface area contributed by atoms with Gasteiger partial charge in [0, 0.05) is 0 Å². The Hall–Kier alpha value is -1.38. The van der Waals surface area contributed by atoms with Crippen LogP contribution >= 0.6 is 0 Å². The predicted octanol–water partition coefficient (Wildman–Crippen LogP) is -3.66. The van der Waals surface area contributed by atoms with E-state index in [1.54, 1.807) is 0 Å². The number of aromatic nitrogens is 4. The van der Waals surface area contributed by atoms with Crippen molar-refractivity contribution in [3.8, 4) is 0 Å². The van der Waals surface area contributed by atoms with Gasteiger partial charge in [-0.1, -0.05) is 0 Å². The molecule has 0 aliphatic carbocycles. The summed E-state index contributed by atoms with van der Waals surface area (Å²) in [6.45, 7) is 0.304. The molecule has 0 amide bonds. The third-order valence-corrected chi connectivity index (χ3v) is 4.43. The number of hydrogen-bond acceptors (Lipinski definition) is 7. The highest BCUT2D eigenvalue weighted by Gasteiger charge is 2.45. The zero-order chi connectivity index (χ0) is 15.0. The second-order valence-electron chi connectivity index (χ2n) is 4.77. The molecule has 1 fully saturated rings. The number of H-pyrrole nitrogens is 1. The molecule has 114 valence electrons. The molecule has 0 saturated carbocycles. The molecule has 21 heavy (non-hydrogen) atoms. The summed E-state index contributed by atoms with van der Waals surface area (Å²) in [7, 11) is 1.00. The lowest BCUT2D eigenvalue weighted by Crippen LogP contribution is -2.35. The number of nitrogens with one attached hydrogen (secondary N) is 1. The Morgan fingerprint density at radius 1 is 1.52 bits per heavy atom. The summed E-state index contributed by atoms with van der Waals surface area (Å²) >= 11 is 0. The molecule has 1 aliphatic rings. The van der Waals surface area contributed by atoms with E-state index < -0.39 is 24.5 Å². The van der Waals surface area contributed by atoms with Crippen molar-refractivity contribution in [3.63, 3.8) is 0 Å². The first-order chi connectivity index (χ1) is 10.2. The van der Waals surface area contributed by atoms with Crippen LogP contribution in [0, 0.1) is 0 Å². The summed E-state index contributed by atoms with van der Waals surface area (Å²) in [6.07, 6.45) is 0.268. The van der Waals surface area contributed by atoms with Crippen LogP contribution in [0.2, 0.25) is 0 Å². The van der Waals surface area contributed by atoms with Crippen LogP contribution in [0.5, 0.6) is 0 Å². The van der Waals surface area contributed by atoms with Crippen LogP contribution < -0.4 is 5.56 Å². The van der Waals surface area contributed by atoms with Gasteiger partial charge in [-0.2, -0.15) is 5.10 Å². The van der Waals surface area contributed by atoms with Crippen molar-refractivity contribution in [2.24, 2.45) is 0 Å². The van der Waals surface area contributed by atoms with Crippen molar-refractivity contribution >= 4 is 32.0 Å². The molecule has 0 aromatic carbocycles. The van der Waals surface area contributed by atoms with E-state index in [4.69, 9.17) is 13.6 Å². The summed E-state index contributed by atoms with van der Waals surface area (Å²) in [4.78, 5) is 18.3. The molecule has 2 aromatic heterocycles. The minimum atomic E-state index is -0.803. The molecule has 3 rings (SSSR count). The molecule has 0 radical (unpaired) electrons. The van der Waals surface area contributed by atoms with Crippen LogP contribution in [0.15, 0.2) is 17.3 Å². The molecule has 3 heterocycles.